The average molecular weight is 396 g/mol. The quantitative estimate of drug-likeness (QED) is 0.808. The van der Waals surface area contributed by atoms with Crippen LogP contribution in [0.15, 0.2) is 48.5 Å². The van der Waals surface area contributed by atoms with Gasteiger partial charge in [0.1, 0.15) is 5.75 Å². The van der Waals surface area contributed by atoms with Crippen LogP contribution in [0.5, 0.6) is 5.75 Å². The molecule has 1 N–H and O–H groups in total. The van der Waals surface area contributed by atoms with E-state index in [1.807, 2.05) is 48.2 Å². The molecule has 0 spiro atoms. The molecule has 2 aromatic carbocycles. The number of amides is 2. The summed E-state index contributed by atoms with van der Waals surface area (Å²) in [5.74, 6) is 0.125. The first-order valence-electron chi connectivity index (χ1n) is 10.1. The maximum Gasteiger partial charge on any atom is 0.260 e. The fourth-order valence-electron chi connectivity index (χ4n) is 3.37. The van der Waals surface area contributed by atoms with Crippen molar-refractivity contribution in [1.29, 1.82) is 0 Å². The van der Waals surface area contributed by atoms with Crippen molar-refractivity contribution in [2.45, 2.75) is 25.7 Å². The van der Waals surface area contributed by atoms with Gasteiger partial charge < -0.3 is 19.9 Å². The Balaban J connectivity index is 1.63. The van der Waals surface area contributed by atoms with Crippen LogP contribution in [0, 0.1) is 0 Å². The molecule has 0 aromatic heterocycles. The Morgan fingerprint density at radius 3 is 2.28 bits per heavy atom. The van der Waals surface area contributed by atoms with E-state index in [0.717, 1.165) is 31.6 Å². The summed E-state index contributed by atoms with van der Waals surface area (Å²) in [7, 11) is 3.93. The molecule has 0 aliphatic carbocycles. The van der Waals surface area contributed by atoms with E-state index in [2.05, 4.69) is 5.32 Å². The van der Waals surface area contributed by atoms with E-state index in [0.29, 0.717) is 17.0 Å². The molecular weight excluding hydrogens is 366 g/mol. The Bertz CT molecular complexity index is 826. The van der Waals surface area contributed by atoms with Crippen molar-refractivity contribution in [1.82, 2.24) is 4.90 Å². The highest BCUT2D eigenvalue weighted by molar-refractivity contribution is 6.06. The Hall–Kier alpha value is -3.02. The smallest absolute Gasteiger partial charge is 0.260 e. The number of ether oxygens (including phenoxy) is 1. The van der Waals surface area contributed by atoms with E-state index in [4.69, 9.17) is 4.74 Å². The van der Waals surface area contributed by atoms with Crippen LogP contribution in [0.4, 0.5) is 11.4 Å². The number of para-hydroxylation sites is 1. The molecule has 2 amide bonds. The molecule has 0 saturated carbocycles. The van der Waals surface area contributed by atoms with Crippen molar-refractivity contribution in [2.75, 3.05) is 44.0 Å². The number of anilines is 2. The van der Waals surface area contributed by atoms with Gasteiger partial charge in [-0.05, 0) is 49.2 Å². The van der Waals surface area contributed by atoms with Gasteiger partial charge >= 0.3 is 0 Å². The molecule has 1 aliphatic heterocycles. The second kappa shape index (κ2) is 9.96. The van der Waals surface area contributed by atoms with Gasteiger partial charge in [-0.25, -0.2) is 0 Å². The van der Waals surface area contributed by atoms with Gasteiger partial charge in [0.15, 0.2) is 6.61 Å². The van der Waals surface area contributed by atoms with Crippen LogP contribution in [0.3, 0.4) is 0 Å². The molecule has 0 atom stereocenters. The highest BCUT2D eigenvalue weighted by Gasteiger charge is 2.18. The molecule has 1 saturated heterocycles. The van der Waals surface area contributed by atoms with Crippen molar-refractivity contribution in [2.24, 2.45) is 0 Å². The number of hydrogen-bond donors (Lipinski definition) is 1. The minimum atomic E-state index is -0.263. The van der Waals surface area contributed by atoms with Gasteiger partial charge in [-0.2, -0.15) is 0 Å². The highest BCUT2D eigenvalue weighted by Crippen LogP contribution is 2.21. The molecular formula is C23H29N3O3. The van der Waals surface area contributed by atoms with Gasteiger partial charge in [0, 0.05) is 38.6 Å². The Morgan fingerprint density at radius 2 is 1.62 bits per heavy atom. The molecule has 0 unspecified atom stereocenters. The summed E-state index contributed by atoms with van der Waals surface area (Å²) in [5.41, 5.74) is 2.17. The molecule has 2 aromatic rings. The van der Waals surface area contributed by atoms with Gasteiger partial charge in [-0.1, -0.05) is 25.0 Å². The maximum absolute atomic E-state index is 12.7. The summed E-state index contributed by atoms with van der Waals surface area (Å²) < 4.78 is 5.74. The molecule has 1 heterocycles. The van der Waals surface area contributed by atoms with Crippen LogP contribution in [-0.4, -0.2) is 50.5 Å². The lowest BCUT2D eigenvalue weighted by Gasteiger charge is -2.20. The lowest BCUT2D eigenvalue weighted by Crippen LogP contribution is -2.35. The molecule has 0 radical (unpaired) electrons. The number of nitrogens with one attached hydrogen (secondary N) is 1. The Morgan fingerprint density at radius 1 is 0.966 bits per heavy atom. The summed E-state index contributed by atoms with van der Waals surface area (Å²) >= 11 is 0. The van der Waals surface area contributed by atoms with E-state index >= 15 is 0 Å². The Labute approximate surface area is 172 Å². The van der Waals surface area contributed by atoms with Gasteiger partial charge in [-0.15, -0.1) is 0 Å². The minimum absolute atomic E-state index is 0.0265. The highest BCUT2D eigenvalue weighted by atomic mass is 16.5. The summed E-state index contributed by atoms with van der Waals surface area (Å²) in [6.45, 7) is 1.52. The fourth-order valence-corrected chi connectivity index (χ4v) is 3.37. The molecule has 0 bridgehead atoms. The third-order valence-corrected chi connectivity index (χ3v) is 5.08. The number of nitrogens with zero attached hydrogens (tertiary/aromatic N) is 2. The number of rotatable bonds is 6. The number of benzene rings is 2. The molecule has 3 rings (SSSR count). The van der Waals surface area contributed by atoms with Gasteiger partial charge in [0.05, 0.1) is 5.56 Å². The van der Waals surface area contributed by atoms with Gasteiger partial charge in [0.25, 0.3) is 11.8 Å². The monoisotopic (exact) mass is 395 g/mol. The average Bonchev–Trinajstić information content (AvgIpc) is 3.02. The third-order valence-electron chi connectivity index (χ3n) is 5.08. The predicted octanol–water partition coefficient (Wildman–Crippen LogP) is 3.79. The third kappa shape index (κ3) is 5.73. The van der Waals surface area contributed by atoms with Crippen LogP contribution in [-0.2, 0) is 4.79 Å². The predicted molar refractivity (Wildman–Crippen MR) is 116 cm³/mol. The normalized spacial score (nSPS) is 14.1. The van der Waals surface area contributed by atoms with E-state index in [9.17, 15) is 9.59 Å². The van der Waals surface area contributed by atoms with Gasteiger partial charge in [-0.3, -0.25) is 9.59 Å². The van der Waals surface area contributed by atoms with Crippen LogP contribution in [0.2, 0.25) is 0 Å². The first-order valence-corrected chi connectivity index (χ1v) is 10.1. The van der Waals surface area contributed by atoms with Crippen molar-refractivity contribution < 1.29 is 14.3 Å². The van der Waals surface area contributed by atoms with Crippen molar-refractivity contribution >= 4 is 23.2 Å². The zero-order valence-corrected chi connectivity index (χ0v) is 17.2. The number of carbonyl (C=O) groups is 2. The summed E-state index contributed by atoms with van der Waals surface area (Å²) in [4.78, 5) is 29.1. The van der Waals surface area contributed by atoms with Crippen molar-refractivity contribution in [3.63, 3.8) is 0 Å². The van der Waals surface area contributed by atoms with Crippen molar-refractivity contribution in [3.05, 3.63) is 54.1 Å². The van der Waals surface area contributed by atoms with E-state index < -0.39 is 0 Å². The second-order valence-corrected chi connectivity index (χ2v) is 7.48. The van der Waals surface area contributed by atoms with Crippen LogP contribution in [0.1, 0.15) is 36.0 Å². The zero-order chi connectivity index (χ0) is 20.6. The van der Waals surface area contributed by atoms with E-state index in [1.54, 1.807) is 24.3 Å². The molecule has 6 nitrogen and oxygen atoms in total. The van der Waals surface area contributed by atoms with Crippen LogP contribution < -0.4 is 15.0 Å². The number of hydrogen-bond acceptors (Lipinski definition) is 4. The molecule has 1 aliphatic rings. The lowest BCUT2D eigenvalue weighted by molar-refractivity contribution is -0.133. The molecule has 1 fully saturated rings. The number of likely N-dealkylation sites (tertiary alicyclic amines) is 1. The first kappa shape index (κ1) is 20.7. The van der Waals surface area contributed by atoms with E-state index in [-0.39, 0.29) is 18.4 Å². The largest absolute Gasteiger partial charge is 0.483 e. The van der Waals surface area contributed by atoms with E-state index in [1.165, 1.54) is 12.8 Å². The number of carbonyl (C=O) groups excluding carboxylic acids is 2. The SMILES string of the molecule is CN(C)c1ccc(NC(=O)c2ccccc2OCC(=O)N2CCCCCC2)cc1. The standard InChI is InChI=1S/C23H29N3O3/c1-25(2)19-13-11-18(12-14-19)24-23(28)20-9-5-6-10-21(20)29-17-22(27)26-15-7-3-4-8-16-26/h5-6,9-14H,3-4,7-8,15-17H2,1-2H3,(H,24,28). The second-order valence-electron chi connectivity index (χ2n) is 7.48. The zero-order valence-electron chi connectivity index (χ0n) is 17.2. The van der Waals surface area contributed by atoms with Crippen LogP contribution in [0.25, 0.3) is 0 Å². The first-order chi connectivity index (χ1) is 14.0. The lowest BCUT2D eigenvalue weighted by atomic mass is 10.1. The van der Waals surface area contributed by atoms with Crippen molar-refractivity contribution in [3.8, 4) is 5.75 Å². The van der Waals surface area contributed by atoms with Crippen LogP contribution >= 0.6 is 0 Å². The van der Waals surface area contributed by atoms with Gasteiger partial charge in [0.2, 0.25) is 0 Å². The topological polar surface area (TPSA) is 61.9 Å². The molecule has 29 heavy (non-hydrogen) atoms. The summed E-state index contributed by atoms with van der Waals surface area (Å²) in [6, 6.07) is 14.6. The summed E-state index contributed by atoms with van der Waals surface area (Å²) in [6.07, 6.45) is 4.42. The Kier molecular flexibility index (Phi) is 7.11. The maximum atomic E-state index is 12.7. The summed E-state index contributed by atoms with van der Waals surface area (Å²) in [5, 5.41) is 2.89. The molecule has 154 valence electrons. The molecule has 6 heteroatoms. The minimum Gasteiger partial charge on any atom is -0.483 e. The fraction of sp³-hybridized carbons (Fsp3) is 0.391.